The quantitative estimate of drug-likeness (QED) is 0.813. The van der Waals surface area contributed by atoms with Gasteiger partial charge in [0, 0.05) is 18.5 Å². The highest BCUT2D eigenvalue weighted by Crippen LogP contribution is 2.31. The molecule has 1 aromatic rings. The maximum atomic E-state index is 12.2. The zero-order chi connectivity index (χ0) is 14.3. The first-order valence-corrected chi connectivity index (χ1v) is 9.42. The minimum atomic E-state index is -3.86. The van der Waals surface area contributed by atoms with Gasteiger partial charge in [0.2, 0.25) is 10.0 Å². The Morgan fingerprint density at radius 2 is 1.95 bits per heavy atom. The Bertz CT molecular complexity index is 695. The van der Waals surface area contributed by atoms with Crippen molar-refractivity contribution < 1.29 is 16.8 Å². The maximum absolute atomic E-state index is 12.2. The Hall–Kier alpha value is -1.28. The molecule has 1 aromatic carbocycles. The van der Waals surface area contributed by atoms with Crippen molar-refractivity contribution >= 4 is 31.2 Å². The number of hydrogen-bond acceptors (Lipinski definition) is 5. The number of nitrogen functional groups attached to an aromatic ring is 1. The number of aryl methyl sites for hydroxylation is 1. The highest BCUT2D eigenvalue weighted by atomic mass is 32.3. The van der Waals surface area contributed by atoms with Crippen LogP contribution in [0.4, 0.5) is 11.4 Å². The Kier molecular flexibility index (Phi) is 3.48. The van der Waals surface area contributed by atoms with Gasteiger partial charge in [-0.1, -0.05) is 0 Å². The van der Waals surface area contributed by atoms with E-state index in [-0.39, 0.29) is 0 Å². The van der Waals surface area contributed by atoms with Gasteiger partial charge in [0.1, 0.15) is 0 Å². The maximum Gasteiger partial charge on any atom is 0.249 e. The van der Waals surface area contributed by atoms with Crippen LogP contribution in [-0.2, 0) is 26.3 Å². The number of sulfonamides is 1. The van der Waals surface area contributed by atoms with Gasteiger partial charge in [-0.25, -0.2) is 16.8 Å². The minimum Gasteiger partial charge on any atom is -0.399 e. The number of nitrogens with zero attached hydrogens (tertiary/aromatic N) is 1. The van der Waals surface area contributed by atoms with Crippen LogP contribution in [0.1, 0.15) is 12.0 Å². The zero-order valence-electron chi connectivity index (χ0n) is 10.5. The number of nitrogens with two attached hydrogens (primary N) is 1. The van der Waals surface area contributed by atoms with Crippen molar-refractivity contribution in [3.63, 3.8) is 0 Å². The van der Waals surface area contributed by atoms with Gasteiger partial charge in [0.25, 0.3) is 0 Å². The predicted octanol–water partition coefficient (Wildman–Crippen LogP) is 0.353. The van der Waals surface area contributed by atoms with Crippen molar-refractivity contribution in [2.24, 2.45) is 0 Å². The highest BCUT2D eigenvalue weighted by molar-refractivity contribution is 8.08. The average Bonchev–Trinajstić information content (AvgIpc) is 2.24. The second-order valence-corrected chi connectivity index (χ2v) is 9.12. The Morgan fingerprint density at radius 1 is 1.26 bits per heavy atom. The molecule has 8 heteroatoms. The molecule has 0 bridgehead atoms. The lowest BCUT2D eigenvalue weighted by Gasteiger charge is -2.30. The summed E-state index contributed by atoms with van der Waals surface area (Å²) < 4.78 is 48.0. The third kappa shape index (κ3) is 3.19. The summed E-state index contributed by atoms with van der Waals surface area (Å²) in [5, 5.41) is -0.871. The molecule has 1 aliphatic rings. The van der Waals surface area contributed by atoms with Gasteiger partial charge >= 0.3 is 0 Å². The van der Waals surface area contributed by atoms with Crippen LogP contribution in [0, 0.1) is 0 Å². The van der Waals surface area contributed by atoms with Gasteiger partial charge in [0.15, 0.2) is 14.9 Å². The van der Waals surface area contributed by atoms with Crippen molar-refractivity contribution in [3.8, 4) is 0 Å². The molecule has 0 radical (unpaired) electrons. The van der Waals surface area contributed by atoms with E-state index in [2.05, 4.69) is 0 Å². The molecule has 2 N–H and O–H groups in total. The molecule has 0 fully saturated rings. The van der Waals surface area contributed by atoms with E-state index in [1.807, 2.05) is 0 Å². The van der Waals surface area contributed by atoms with Crippen LogP contribution in [0.3, 0.4) is 0 Å². The number of benzene rings is 1. The summed E-state index contributed by atoms with van der Waals surface area (Å²) in [6, 6.07) is 4.98. The molecule has 19 heavy (non-hydrogen) atoms. The van der Waals surface area contributed by atoms with E-state index in [1.54, 1.807) is 18.2 Å². The summed E-state index contributed by atoms with van der Waals surface area (Å²) in [6.07, 6.45) is 2.31. The normalized spacial score (nSPS) is 16.2. The Labute approximate surface area is 113 Å². The molecule has 106 valence electrons. The van der Waals surface area contributed by atoms with Crippen LogP contribution in [0.15, 0.2) is 18.2 Å². The number of sulfone groups is 1. The predicted molar refractivity (Wildman–Crippen MR) is 75.2 cm³/mol. The molecule has 1 aliphatic heterocycles. The fourth-order valence-corrected chi connectivity index (χ4v) is 5.76. The summed E-state index contributed by atoms with van der Waals surface area (Å²) in [4.78, 5) is 0. The highest BCUT2D eigenvalue weighted by Gasteiger charge is 2.30. The van der Waals surface area contributed by atoms with E-state index in [0.29, 0.717) is 24.3 Å². The first-order valence-electron chi connectivity index (χ1n) is 5.75. The van der Waals surface area contributed by atoms with Crippen molar-refractivity contribution in [2.45, 2.75) is 12.8 Å². The molecule has 0 saturated heterocycles. The lowest BCUT2D eigenvalue weighted by atomic mass is 10.0. The minimum absolute atomic E-state index is 0.300. The first-order chi connectivity index (χ1) is 8.69. The molecule has 2 rings (SSSR count). The fraction of sp³-hybridized carbons (Fsp3) is 0.455. The van der Waals surface area contributed by atoms with Gasteiger partial charge in [-0.15, -0.1) is 0 Å². The molecule has 0 aromatic heterocycles. The van der Waals surface area contributed by atoms with Gasteiger partial charge in [-0.3, -0.25) is 4.31 Å². The summed E-state index contributed by atoms with van der Waals surface area (Å²) in [7, 11) is -7.46. The van der Waals surface area contributed by atoms with E-state index >= 15 is 0 Å². The van der Waals surface area contributed by atoms with Crippen LogP contribution in [-0.4, -0.2) is 34.7 Å². The van der Waals surface area contributed by atoms with E-state index in [4.69, 9.17) is 5.73 Å². The first kappa shape index (κ1) is 14.1. The number of anilines is 2. The van der Waals surface area contributed by atoms with Crippen molar-refractivity contribution in [3.05, 3.63) is 23.8 Å². The molecule has 0 spiro atoms. The molecule has 0 saturated carbocycles. The summed E-state index contributed by atoms with van der Waals surface area (Å²) in [6.45, 7) is 0.300. The smallest absolute Gasteiger partial charge is 0.249 e. The lowest BCUT2D eigenvalue weighted by Crippen LogP contribution is -2.38. The molecule has 0 atom stereocenters. The number of rotatable bonds is 3. The van der Waals surface area contributed by atoms with Crippen LogP contribution < -0.4 is 10.0 Å². The summed E-state index contributed by atoms with van der Waals surface area (Å²) in [5.74, 6) is 0. The van der Waals surface area contributed by atoms with E-state index in [1.165, 1.54) is 4.31 Å². The summed E-state index contributed by atoms with van der Waals surface area (Å²) in [5.41, 5.74) is 7.61. The average molecular weight is 304 g/mol. The molecular weight excluding hydrogens is 288 g/mol. The molecule has 6 nitrogen and oxygen atoms in total. The largest absolute Gasteiger partial charge is 0.399 e. The van der Waals surface area contributed by atoms with E-state index in [9.17, 15) is 16.8 Å². The topological polar surface area (TPSA) is 97.5 Å². The summed E-state index contributed by atoms with van der Waals surface area (Å²) >= 11 is 0. The standard InChI is InChI=1S/C11H16N2O4S2/c1-18(14,15)8-19(16,17)13-6-2-3-9-7-10(12)4-5-11(9)13/h4-5,7H,2-3,6,8,12H2,1H3. The molecule has 1 heterocycles. The van der Waals surface area contributed by atoms with Crippen LogP contribution >= 0.6 is 0 Å². The van der Waals surface area contributed by atoms with Crippen molar-refractivity contribution in [1.82, 2.24) is 0 Å². The second kappa shape index (κ2) is 4.68. The van der Waals surface area contributed by atoms with E-state index in [0.717, 1.165) is 18.2 Å². The second-order valence-electron chi connectivity index (χ2n) is 4.72. The zero-order valence-corrected chi connectivity index (χ0v) is 12.2. The van der Waals surface area contributed by atoms with Crippen LogP contribution in [0.25, 0.3) is 0 Å². The lowest BCUT2D eigenvalue weighted by molar-refractivity contribution is 0.585. The Balaban J connectivity index is 2.44. The fourth-order valence-electron chi connectivity index (χ4n) is 2.21. The molecule has 0 aliphatic carbocycles. The Morgan fingerprint density at radius 3 is 2.58 bits per heavy atom. The molecular formula is C11H16N2O4S2. The monoisotopic (exact) mass is 304 g/mol. The van der Waals surface area contributed by atoms with Gasteiger partial charge in [-0.05, 0) is 36.6 Å². The molecule has 0 amide bonds. The van der Waals surface area contributed by atoms with Gasteiger partial charge < -0.3 is 5.73 Å². The third-order valence-electron chi connectivity index (χ3n) is 2.88. The van der Waals surface area contributed by atoms with E-state index < -0.39 is 24.9 Å². The van der Waals surface area contributed by atoms with Crippen LogP contribution in [0.5, 0.6) is 0 Å². The number of fused-ring (bicyclic) bond motifs is 1. The SMILES string of the molecule is CS(=O)(=O)CS(=O)(=O)N1CCCc2cc(N)ccc21. The van der Waals surface area contributed by atoms with Crippen molar-refractivity contribution in [2.75, 3.05) is 27.9 Å². The molecule has 0 unspecified atom stereocenters. The third-order valence-corrected chi connectivity index (χ3v) is 6.83. The van der Waals surface area contributed by atoms with Crippen molar-refractivity contribution in [1.29, 1.82) is 0 Å². The van der Waals surface area contributed by atoms with Gasteiger partial charge in [0.05, 0.1) is 5.69 Å². The van der Waals surface area contributed by atoms with Gasteiger partial charge in [-0.2, -0.15) is 0 Å². The van der Waals surface area contributed by atoms with Crippen LogP contribution in [0.2, 0.25) is 0 Å². The number of hydrogen-bond donors (Lipinski definition) is 1.